The first-order valence-electron chi connectivity index (χ1n) is 5.72. The minimum absolute atomic E-state index is 0.264. The van der Waals surface area contributed by atoms with Crippen LogP contribution in [0, 0.1) is 23.2 Å². The molecule has 0 aliphatic heterocycles. The summed E-state index contributed by atoms with van der Waals surface area (Å²) in [6.45, 7) is 1.85. The Kier molecular flexibility index (Phi) is 2.68. The van der Waals surface area contributed by atoms with E-state index in [2.05, 4.69) is 0 Å². The molecule has 4 nitrogen and oxygen atoms in total. The molecule has 0 aromatic carbocycles. The standard InChI is InChI=1S/C12H18O4/c1-12(11(14)16-3)8-5-4-7(6-8)9(12)10(13)15-2/h7-9H,4-6H2,1-3H3/t7-,8+,9-,12-/m1/s1. The zero-order chi connectivity index (χ0) is 11.9. The van der Waals surface area contributed by atoms with Crippen LogP contribution in [0.3, 0.4) is 0 Å². The van der Waals surface area contributed by atoms with Crippen LogP contribution in [0.25, 0.3) is 0 Å². The largest absolute Gasteiger partial charge is 0.469 e. The third-order valence-corrected chi connectivity index (χ3v) is 4.52. The van der Waals surface area contributed by atoms with Gasteiger partial charge in [-0.05, 0) is 38.0 Å². The van der Waals surface area contributed by atoms with E-state index in [-0.39, 0.29) is 23.8 Å². The third-order valence-electron chi connectivity index (χ3n) is 4.52. The average Bonchev–Trinajstić information content (AvgIpc) is 2.86. The Morgan fingerprint density at radius 1 is 1.19 bits per heavy atom. The van der Waals surface area contributed by atoms with Crippen molar-refractivity contribution >= 4 is 11.9 Å². The number of fused-ring (bicyclic) bond motifs is 2. The molecule has 0 heterocycles. The number of carbonyl (C=O) groups excluding carboxylic acids is 2. The Labute approximate surface area is 95.3 Å². The van der Waals surface area contributed by atoms with Crippen LogP contribution < -0.4 is 0 Å². The van der Waals surface area contributed by atoms with E-state index in [1.54, 1.807) is 0 Å². The normalized spacial score (nSPS) is 40.8. The molecule has 2 bridgehead atoms. The average molecular weight is 226 g/mol. The van der Waals surface area contributed by atoms with E-state index in [0.29, 0.717) is 5.92 Å². The lowest BCUT2D eigenvalue weighted by molar-refractivity contribution is -0.169. The number of carbonyl (C=O) groups is 2. The summed E-state index contributed by atoms with van der Waals surface area (Å²) in [7, 11) is 2.76. The summed E-state index contributed by atoms with van der Waals surface area (Å²) in [6, 6.07) is 0. The molecule has 0 N–H and O–H groups in total. The molecule has 2 saturated carbocycles. The molecule has 0 amide bonds. The van der Waals surface area contributed by atoms with Crippen molar-refractivity contribution in [3.63, 3.8) is 0 Å². The maximum atomic E-state index is 11.9. The smallest absolute Gasteiger partial charge is 0.312 e. The molecule has 4 atom stereocenters. The molecule has 0 spiro atoms. The minimum Gasteiger partial charge on any atom is -0.469 e. The fraction of sp³-hybridized carbons (Fsp3) is 0.833. The van der Waals surface area contributed by atoms with E-state index in [9.17, 15) is 9.59 Å². The van der Waals surface area contributed by atoms with Gasteiger partial charge in [-0.2, -0.15) is 0 Å². The van der Waals surface area contributed by atoms with Crippen molar-refractivity contribution in [2.45, 2.75) is 26.2 Å². The molecule has 4 heteroatoms. The number of methoxy groups -OCH3 is 2. The molecule has 0 unspecified atom stereocenters. The van der Waals surface area contributed by atoms with Crippen LogP contribution in [-0.4, -0.2) is 26.2 Å². The van der Waals surface area contributed by atoms with E-state index < -0.39 is 5.41 Å². The predicted octanol–water partition coefficient (Wildman–Crippen LogP) is 1.38. The summed E-state index contributed by atoms with van der Waals surface area (Å²) in [5.74, 6) is -0.283. The zero-order valence-electron chi connectivity index (χ0n) is 9.99. The first kappa shape index (κ1) is 11.4. The van der Waals surface area contributed by atoms with Crippen LogP contribution in [0.1, 0.15) is 26.2 Å². The van der Waals surface area contributed by atoms with E-state index in [0.717, 1.165) is 19.3 Å². The molecule has 90 valence electrons. The van der Waals surface area contributed by atoms with Crippen molar-refractivity contribution in [3.05, 3.63) is 0 Å². The highest BCUT2D eigenvalue weighted by molar-refractivity contribution is 5.86. The van der Waals surface area contributed by atoms with Crippen molar-refractivity contribution in [3.8, 4) is 0 Å². The van der Waals surface area contributed by atoms with Gasteiger partial charge in [-0.25, -0.2) is 0 Å². The lowest BCUT2D eigenvalue weighted by Gasteiger charge is -2.36. The minimum atomic E-state index is -0.676. The number of rotatable bonds is 2. The van der Waals surface area contributed by atoms with Gasteiger partial charge in [0.25, 0.3) is 0 Å². The highest BCUT2D eigenvalue weighted by Crippen LogP contribution is 2.60. The monoisotopic (exact) mass is 226 g/mol. The van der Waals surface area contributed by atoms with Gasteiger partial charge in [0, 0.05) is 0 Å². The van der Waals surface area contributed by atoms with Crippen molar-refractivity contribution in [1.29, 1.82) is 0 Å². The Hall–Kier alpha value is -1.06. The highest BCUT2D eigenvalue weighted by atomic mass is 16.5. The molecule has 0 radical (unpaired) electrons. The lowest BCUT2D eigenvalue weighted by Crippen LogP contribution is -2.45. The zero-order valence-corrected chi connectivity index (χ0v) is 9.99. The molecule has 2 rings (SSSR count). The maximum absolute atomic E-state index is 11.9. The van der Waals surface area contributed by atoms with Crippen LogP contribution in [-0.2, 0) is 19.1 Å². The molecule has 0 aromatic heterocycles. The SMILES string of the molecule is COC(=O)[C@H]1[C@@H]2CC[C@@H](C2)[C@@]1(C)C(=O)OC. The lowest BCUT2D eigenvalue weighted by atomic mass is 9.67. The van der Waals surface area contributed by atoms with Gasteiger partial charge in [0.1, 0.15) is 0 Å². The van der Waals surface area contributed by atoms with Crippen molar-refractivity contribution < 1.29 is 19.1 Å². The van der Waals surface area contributed by atoms with E-state index in [1.165, 1.54) is 14.2 Å². The Balaban J connectivity index is 2.34. The third kappa shape index (κ3) is 1.28. The van der Waals surface area contributed by atoms with Crippen LogP contribution in [0.4, 0.5) is 0 Å². The van der Waals surface area contributed by atoms with E-state index >= 15 is 0 Å². The first-order valence-corrected chi connectivity index (χ1v) is 5.72. The molecule has 2 aliphatic carbocycles. The Morgan fingerprint density at radius 3 is 2.44 bits per heavy atom. The number of hydrogen-bond acceptors (Lipinski definition) is 4. The van der Waals surface area contributed by atoms with Crippen LogP contribution in [0.15, 0.2) is 0 Å². The molecular weight excluding hydrogens is 208 g/mol. The van der Waals surface area contributed by atoms with E-state index in [1.807, 2.05) is 6.92 Å². The van der Waals surface area contributed by atoms with Crippen molar-refractivity contribution in [2.24, 2.45) is 23.2 Å². The Bertz CT molecular complexity index is 325. The highest BCUT2D eigenvalue weighted by Gasteiger charge is 2.63. The fourth-order valence-electron chi connectivity index (χ4n) is 3.69. The van der Waals surface area contributed by atoms with Gasteiger partial charge in [0.15, 0.2) is 0 Å². The number of ether oxygens (including phenoxy) is 2. The predicted molar refractivity (Wildman–Crippen MR) is 56.5 cm³/mol. The molecule has 0 aromatic rings. The van der Waals surface area contributed by atoms with Gasteiger partial charge in [0.05, 0.1) is 25.6 Å². The van der Waals surface area contributed by atoms with Gasteiger partial charge in [-0.1, -0.05) is 0 Å². The maximum Gasteiger partial charge on any atom is 0.312 e. The second-order valence-corrected chi connectivity index (χ2v) is 5.05. The molecule has 2 aliphatic rings. The molecule has 0 saturated heterocycles. The number of esters is 2. The van der Waals surface area contributed by atoms with Gasteiger partial charge < -0.3 is 9.47 Å². The summed E-state index contributed by atoms with van der Waals surface area (Å²) >= 11 is 0. The van der Waals surface area contributed by atoms with E-state index in [4.69, 9.17) is 9.47 Å². The summed E-state index contributed by atoms with van der Waals surface area (Å²) in [6.07, 6.45) is 2.99. The van der Waals surface area contributed by atoms with Crippen LogP contribution in [0.5, 0.6) is 0 Å². The summed E-state index contributed by atoms with van der Waals surface area (Å²) in [5.41, 5.74) is -0.676. The summed E-state index contributed by atoms with van der Waals surface area (Å²) < 4.78 is 9.70. The van der Waals surface area contributed by atoms with Gasteiger partial charge in [-0.15, -0.1) is 0 Å². The first-order chi connectivity index (χ1) is 7.55. The van der Waals surface area contributed by atoms with Crippen LogP contribution in [0.2, 0.25) is 0 Å². The van der Waals surface area contributed by atoms with Gasteiger partial charge in [-0.3, -0.25) is 9.59 Å². The Morgan fingerprint density at radius 2 is 1.88 bits per heavy atom. The molecule has 16 heavy (non-hydrogen) atoms. The second kappa shape index (κ2) is 3.75. The summed E-state index contributed by atoms with van der Waals surface area (Å²) in [4.78, 5) is 23.7. The fourth-order valence-corrected chi connectivity index (χ4v) is 3.69. The molecule has 2 fully saturated rings. The molecular formula is C12H18O4. The van der Waals surface area contributed by atoms with Crippen molar-refractivity contribution in [1.82, 2.24) is 0 Å². The van der Waals surface area contributed by atoms with Gasteiger partial charge >= 0.3 is 11.9 Å². The number of hydrogen-bond donors (Lipinski definition) is 0. The second-order valence-electron chi connectivity index (χ2n) is 5.05. The summed E-state index contributed by atoms with van der Waals surface area (Å²) in [5, 5.41) is 0. The quantitative estimate of drug-likeness (QED) is 0.667. The van der Waals surface area contributed by atoms with Crippen molar-refractivity contribution in [2.75, 3.05) is 14.2 Å². The van der Waals surface area contributed by atoms with Crippen LogP contribution >= 0.6 is 0 Å². The van der Waals surface area contributed by atoms with Gasteiger partial charge in [0.2, 0.25) is 0 Å². The topological polar surface area (TPSA) is 52.6 Å².